The highest BCUT2D eigenvalue weighted by Crippen LogP contribution is 2.33. The number of benzene rings is 1. The Morgan fingerprint density at radius 3 is 2.35 bits per heavy atom. The van der Waals surface area contributed by atoms with Crippen LogP contribution in [0.1, 0.15) is 18.4 Å². The molecule has 0 unspecified atom stereocenters. The molecule has 0 radical (unpaired) electrons. The molecule has 4 nitrogen and oxygen atoms in total. The van der Waals surface area contributed by atoms with Gasteiger partial charge in [0.1, 0.15) is 0 Å². The highest BCUT2D eigenvalue weighted by Gasteiger charge is 2.09. The van der Waals surface area contributed by atoms with Crippen molar-refractivity contribution in [2.75, 3.05) is 41.0 Å². The van der Waals surface area contributed by atoms with Gasteiger partial charge in [-0.25, -0.2) is 0 Å². The third-order valence-electron chi connectivity index (χ3n) is 3.09. The first-order valence-corrected chi connectivity index (χ1v) is 7.20. The molecule has 0 aliphatic rings. The van der Waals surface area contributed by atoms with Gasteiger partial charge in [0.2, 0.25) is 0 Å². The molecule has 0 aliphatic carbocycles. The lowest BCUT2D eigenvalue weighted by Gasteiger charge is -2.11. The quantitative estimate of drug-likeness (QED) is 0.675. The van der Waals surface area contributed by atoms with Gasteiger partial charge in [-0.2, -0.15) is 0 Å². The molecule has 20 heavy (non-hydrogen) atoms. The molecule has 0 spiro atoms. The molecule has 1 aromatic rings. The minimum Gasteiger partial charge on any atom is -0.493 e. The summed E-state index contributed by atoms with van der Waals surface area (Å²) < 4.78 is 15.5. The number of halogens is 1. The maximum Gasteiger partial charge on any atom is 0.162 e. The van der Waals surface area contributed by atoms with E-state index in [-0.39, 0.29) is 0 Å². The summed E-state index contributed by atoms with van der Waals surface area (Å²) >= 11 is 6.25. The van der Waals surface area contributed by atoms with Crippen LogP contribution in [0.25, 0.3) is 0 Å². The van der Waals surface area contributed by atoms with Crippen molar-refractivity contribution < 1.29 is 14.2 Å². The molecule has 0 bridgehead atoms. The molecule has 1 N–H and O–H groups in total. The van der Waals surface area contributed by atoms with Crippen LogP contribution >= 0.6 is 11.6 Å². The minimum absolute atomic E-state index is 0.669. The number of aryl methyl sites for hydroxylation is 1. The van der Waals surface area contributed by atoms with Gasteiger partial charge in [-0.15, -0.1) is 0 Å². The van der Waals surface area contributed by atoms with Gasteiger partial charge in [0.05, 0.1) is 20.8 Å². The second kappa shape index (κ2) is 9.86. The lowest BCUT2D eigenvalue weighted by atomic mass is 10.1. The highest BCUT2D eigenvalue weighted by molar-refractivity contribution is 6.31. The third kappa shape index (κ3) is 5.57. The van der Waals surface area contributed by atoms with Crippen molar-refractivity contribution in [2.45, 2.75) is 19.3 Å². The van der Waals surface area contributed by atoms with E-state index in [9.17, 15) is 0 Å². The summed E-state index contributed by atoms with van der Waals surface area (Å²) in [6, 6.07) is 3.77. The number of nitrogens with one attached hydrogen (secondary N) is 1. The van der Waals surface area contributed by atoms with Gasteiger partial charge in [0, 0.05) is 24.7 Å². The Balaban J connectivity index is 2.40. The Bertz CT molecular complexity index is 399. The van der Waals surface area contributed by atoms with Crippen LogP contribution in [0.2, 0.25) is 5.02 Å². The first kappa shape index (κ1) is 17.1. The smallest absolute Gasteiger partial charge is 0.162 e. The fraction of sp³-hybridized carbons (Fsp3) is 0.600. The largest absolute Gasteiger partial charge is 0.493 e. The van der Waals surface area contributed by atoms with Crippen molar-refractivity contribution in [1.82, 2.24) is 5.32 Å². The zero-order chi connectivity index (χ0) is 14.8. The summed E-state index contributed by atoms with van der Waals surface area (Å²) in [4.78, 5) is 0. The normalized spacial score (nSPS) is 10.6. The molecule has 0 fully saturated rings. The van der Waals surface area contributed by atoms with Gasteiger partial charge in [-0.3, -0.25) is 0 Å². The monoisotopic (exact) mass is 301 g/mol. The number of rotatable bonds is 10. The van der Waals surface area contributed by atoms with Crippen LogP contribution in [0, 0.1) is 0 Å². The van der Waals surface area contributed by atoms with E-state index in [1.54, 1.807) is 21.3 Å². The van der Waals surface area contributed by atoms with Gasteiger partial charge in [0.15, 0.2) is 11.5 Å². The van der Waals surface area contributed by atoms with Crippen LogP contribution in [-0.4, -0.2) is 41.0 Å². The number of unbranched alkanes of at least 4 members (excludes halogenated alkanes) is 1. The Morgan fingerprint density at radius 2 is 1.70 bits per heavy atom. The number of ether oxygens (including phenoxy) is 3. The summed E-state index contributed by atoms with van der Waals surface area (Å²) in [5, 5.41) is 4.06. The van der Waals surface area contributed by atoms with E-state index in [1.807, 2.05) is 12.1 Å². The Hall–Kier alpha value is -0.970. The number of hydrogen-bond acceptors (Lipinski definition) is 4. The van der Waals surface area contributed by atoms with Crippen molar-refractivity contribution >= 4 is 11.6 Å². The molecule has 1 rings (SSSR count). The van der Waals surface area contributed by atoms with E-state index in [0.29, 0.717) is 5.75 Å². The Labute approximate surface area is 126 Å². The third-order valence-corrected chi connectivity index (χ3v) is 3.44. The first-order chi connectivity index (χ1) is 9.72. The average Bonchev–Trinajstić information content (AvgIpc) is 2.47. The van der Waals surface area contributed by atoms with E-state index in [4.69, 9.17) is 25.8 Å². The SMILES string of the molecule is COCCNCCCCc1cc(OC)c(OC)cc1Cl. The fourth-order valence-electron chi connectivity index (χ4n) is 1.95. The van der Waals surface area contributed by atoms with Crippen molar-refractivity contribution in [3.8, 4) is 11.5 Å². The second-order valence-electron chi connectivity index (χ2n) is 4.50. The van der Waals surface area contributed by atoms with E-state index in [2.05, 4.69) is 5.32 Å². The predicted molar refractivity (Wildman–Crippen MR) is 82.2 cm³/mol. The topological polar surface area (TPSA) is 39.7 Å². The van der Waals surface area contributed by atoms with Crippen molar-refractivity contribution in [1.29, 1.82) is 0 Å². The van der Waals surface area contributed by atoms with Gasteiger partial charge in [-0.1, -0.05) is 11.6 Å². The minimum atomic E-state index is 0.669. The van der Waals surface area contributed by atoms with Crippen molar-refractivity contribution in [2.24, 2.45) is 0 Å². The second-order valence-corrected chi connectivity index (χ2v) is 4.91. The standard InChI is InChI=1S/C15H24ClNO3/c1-18-9-8-17-7-5-4-6-12-10-14(19-2)15(20-3)11-13(12)16/h10-11,17H,4-9H2,1-3H3. The zero-order valence-corrected chi connectivity index (χ0v) is 13.3. The molecule has 0 heterocycles. The van der Waals surface area contributed by atoms with Crippen molar-refractivity contribution in [3.05, 3.63) is 22.7 Å². The van der Waals surface area contributed by atoms with Crippen LogP contribution in [0.3, 0.4) is 0 Å². The van der Waals surface area contributed by atoms with Gasteiger partial charge in [-0.05, 0) is 37.4 Å². The predicted octanol–water partition coefficient (Wildman–Crippen LogP) is 2.92. The molecule has 0 aromatic heterocycles. The maximum absolute atomic E-state index is 6.25. The number of hydrogen-bond donors (Lipinski definition) is 1. The fourth-order valence-corrected chi connectivity index (χ4v) is 2.20. The van der Waals surface area contributed by atoms with E-state index >= 15 is 0 Å². The molecule has 0 saturated heterocycles. The lowest BCUT2D eigenvalue weighted by Crippen LogP contribution is -2.20. The molecular weight excluding hydrogens is 278 g/mol. The van der Waals surface area contributed by atoms with Crippen LogP contribution in [0.4, 0.5) is 0 Å². The van der Waals surface area contributed by atoms with E-state index in [1.165, 1.54) is 0 Å². The summed E-state index contributed by atoms with van der Waals surface area (Å²) in [7, 11) is 4.95. The maximum atomic E-state index is 6.25. The molecule has 0 amide bonds. The van der Waals surface area contributed by atoms with Crippen LogP contribution < -0.4 is 14.8 Å². The molecule has 1 aromatic carbocycles. The van der Waals surface area contributed by atoms with E-state index < -0.39 is 0 Å². The highest BCUT2D eigenvalue weighted by atomic mass is 35.5. The van der Waals surface area contributed by atoms with E-state index in [0.717, 1.165) is 55.3 Å². The molecule has 0 saturated carbocycles. The van der Waals surface area contributed by atoms with Crippen molar-refractivity contribution in [3.63, 3.8) is 0 Å². The Kier molecular flexibility index (Phi) is 8.42. The molecular formula is C15H24ClNO3. The Morgan fingerprint density at radius 1 is 1.00 bits per heavy atom. The summed E-state index contributed by atoms with van der Waals surface area (Å²) in [6.45, 7) is 2.64. The summed E-state index contributed by atoms with van der Waals surface area (Å²) in [6.07, 6.45) is 3.12. The lowest BCUT2D eigenvalue weighted by molar-refractivity contribution is 0.199. The molecule has 5 heteroatoms. The molecule has 114 valence electrons. The van der Waals surface area contributed by atoms with Gasteiger partial charge in [0.25, 0.3) is 0 Å². The molecule has 0 aliphatic heterocycles. The zero-order valence-electron chi connectivity index (χ0n) is 12.5. The summed E-state index contributed by atoms with van der Waals surface area (Å²) in [5.74, 6) is 1.40. The number of methoxy groups -OCH3 is 3. The molecule has 0 atom stereocenters. The van der Waals surface area contributed by atoms with Crippen LogP contribution in [0.5, 0.6) is 11.5 Å². The summed E-state index contributed by atoms with van der Waals surface area (Å²) in [5.41, 5.74) is 1.10. The van der Waals surface area contributed by atoms with Gasteiger partial charge >= 0.3 is 0 Å². The van der Waals surface area contributed by atoms with Gasteiger partial charge < -0.3 is 19.5 Å². The first-order valence-electron chi connectivity index (χ1n) is 6.83. The van der Waals surface area contributed by atoms with Crippen LogP contribution in [-0.2, 0) is 11.2 Å². The van der Waals surface area contributed by atoms with Crippen LogP contribution in [0.15, 0.2) is 12.1 Å². The average molecular weight is 302 g/mol.